The second-order valence-corrected chi connectivity index (χ2v) is 5.96. The number of rotatable bonds is 7. The van der Waals surface area contributed by atoms with Gasteiger partial charge >= 0.3 is 0 Å². The van der Waals surface area contributed by atoms with Gasteiger partial charge in [0, 0.05) is 12.5 Å². The molecule has 0 spiro atoms. The van der Waals surface area contributed by atoms with Crippen molar-refractivity contribution in [3.63, 3.8) is 0 Å². The molecular formula is C13H22N4O2. The first-order valence-corrected chi connectivity index (χ1v) is 6.84. The summed E-state index contributed by atoms with van der Waals surface area (Å²) in [6, 6.07) is 0.304. The van der Waals surface area contributed by atoms with Gasteiger partial charge in [-0.05, 0) is 37.6 Å². The number of nitrogens with two attached hydrogens (primary N) is 1. The molecule has 0 unspecified atom stereocenters. The number of nitrogens with zero attached hydrogens (tertiary/aromatic N) is 2. The Morgan fingerprint density at radius 3 is 2.84 bits per heavy atom. The van der Waals surface area contributed by atoms with Gasteiger partial charge in [0.2, 0.25) is 5.89 Å². The number of hydrogen-bond acceptors (Lipinski definition) is 5. The summed E-state index contributed by atoms with van der Waals surface area (Å²) in [6.07, 6.45) is 4.64. The summed E-state index contributed by atoms with van der Waals surface area (Å²) in [6.45, 7) is 5.00. The number of aromatic nitrogens is 2. The van der Waals surface area contributed by atoms with Gasteiger partial charge in [-0.3, -0.25) is 4.79 Å². The van der Waals surface area contributed by atoms with E-state index < -0.39 is 0 Å². The van der Waals surface area contributed by atoms with E-state index in [9.17, 15) is 4.79 Å². The van der Waals surface area contributed by atoms with E-state index in [0.29, 0.717) is 24.9 Å². The van der Waals surface area contributed by atoms with Gasteiger partial charge in [0.25, 0.3) is 11.7 Å². The molecule has 1 aliphatic carbocycles. The van der Waals surface area contributed by atoms with Crippen LogP contribution in [-0.2, 0) is 6.42 Å². The first-order chi connectivity index (χ1) is 9.00. The molecule has 3 N–H and O–H groups in total. The van der Waals surface area contributed by atoms with E-state index in [1.165, 1.54) is 0 Å². The molecule has 0 atom stereocenters. The van der Waals surface area contributed by atoms with Crippen LogP contribution in [0.4, 0.5) is 0 Å². The van der Waals surface area contributed by atoms with Crippen molar-refractivity contribution in [2.45, 2.75) is 52.0 Å². The number of amides is 1. The van der Waals surface area contributed by atoms with Crippen molar-refractivity contribution in [2.75, 3.05) is 6.54 Å². The van der Waals surface area contributed by atoms with Crippen LogP contribution in [-0.4, -0.2) is 28.6 Å². The number of nitrogens with one attached hydrogen (secondary N) is 1. The summed E-state index contributed by atoms with van der Waals surface area (Å²) in [5.41, 5.74) is 5.73. The summed E-state index contributed by atoms with van der Waals surface area (Å²) in [5, 5.41) is 6.56. The molecule has 1 aromatic heterocycles. The highest BCUT2D eigenvalue weighted by Gasteiger charge is 2.26. The molecule has 1 aliphatic rings. The lowest BCUT2D eigenvalue weighted by molar-refractivity contribution is 0.0937. The summed E-state index contributed by atoms with van der Waals surface area (Å²) in [7, 11) is 0. The first kappa shape index (κ1) is 14.0. The summed E-state index contributed by atoms with van der Waals surface area (Å²) < 4.78 is 5.11. The standard InChI is InChI=1S/C13H22N4O2/c1-13(2,7-8-14)6-5-10-16-11(17-19-10)12(18)15-9-3-4-9/h9H,3-8,14H2,1-2H3,(H,15,18). The van der Waals surface area contributed by atoms with Crippen LogP contribution in [0.2, 0.25) is 0 Å². The Bertz CT molecular complexity index is 438. The van der Waals surface area contributed by atoms with Gasteiger partial charge < -0.3 is 15.6 Å². The van der Waals surface area contributed by atoms with Crippen molar-refractivity contribution in [1.82, 2.24) is 15.5 Å². The van der Waals surface area contributed by atoms with Crippen LogP contribution in [0.15, 0.2) is 4.52 Å². The molecule has 106 valence electrons. The van der Waals surface area contributed by atoms with E-state index in [0.717, 1.165) is 25.7 Å². The van der Waals surface area contributed by atoms with Crippen molar-refractivity contribution in [3.05, 3.63) is 11.7 Å². The third-order valence-corrected chi connectivity index (χ3v) is 3.42. The third kappa shape index (κ3) is 4.31. The molecule has 6 nitrogen and oxygen atoms in total. The fraction of sp³-hybridized carbons (Fsp3) is 0.769. The highest BCUT2D eigenvalue weighted by atomic mass is 16.5. The molecule has 1 heterocycles. The molecule has 1 aromatic rings. The largest absolute Gasteiger partial charge is 0.346 e. The van der Waals surface area contributed by atoms with E-state index in [1.807, 2.05) is 0 Å². The Balaban J connectivity index is 1.84. The highest BCUT2D eigenvalue weighted by Crippen LogP contribution is 2.26. The lowest BCUT2D eigenvalue weighted by atomic mass is 9.84. The lowest BCUT2D eigenvalue weighted by Crippen LogP contribution is -2.26. The summed E-state index contributed by atoms with van der Waals surface area (Å²) in [5.74, 6) is 0.420. The Morgan fingerprint density at radius 1 is 1.47 bits per heavy atom. The van der Waals surface area contributed by atoms with Crippen molar-refractivity contribution in [2.24, 2.45) is 11.1 Å². The SMILES string of the molecule is CC(C)(CCN)CCc1nc(C(=O)NC2CC2)no1. The molecular weight excluding hydrogens is 244 g/mol. The normalized spacial score (nSPS) is 15.5. The summed E-state index contributed by atoms with van der Waals surface area (Å²) in [4.78, 5) is 15.8. The second-order valence-electron chi connectivity index (χ2n) is 5.96. The minimum absolute atomic E-state index is 0.138. The van der Waals surface area contributed by atoms with Crippen molar-refractivity contribution < 1.29 is 9.32 Å². The smallest absolute Gasteiger partial charge is 0.292 e. The van der Waals surface area contributed by atoms with Crippen LogP contribution in [0.5, 0.6) is 0 Å². The molecule has 0 aliphatic heterocycles. The Morgan fingerprint density at radius 2 is 2.21 bits per heavy atom. The first-order valence-electron chi connectivity index (χ1n) is 6.84. The second kappa shape index (κ2) is 5.69. The predicted molar refractivity (Wildman–Crippen MR) is 70.6 cm³/mol. The van der Waals surface area contributed by atoms with Crippen LogP contribution >= 0.6 is 0 Å². The van der Waals surface area contributed by atoms with Crippen molar-refractivity contribution in [3.8, 4) is 0 Å². The zero-order chi connectivity index (χ0) is 13.9. The molecule has 1 saturated carbocycles. The minimum Gasteiger partial charge on any atom is -0.346 e. The fourth-order valence-corrected chi connectivity index (χ4v) is 1.89. The van der Waals surface area contributed by atoms with Crippen LogP contribution in [0.25, 0.3) is 0 Å². The van der Waals surface area contributed by atoms with Gasteiger partial charge in [-0.2, -0.15) is 4.98 Å². The van der Waals surface area contributed by atoms with Gasteiger partial charge in [0.05, 0.1) is 0 Å². The molecule has 0 bridgehead atoms. The average molecular weight is 266 g/mol. The monoisotopic (exact) mass is 266 g/mol. The van der Waals surface area contributed by atoms with E-state index in [-0.39, 0.29) is 17.1 Å². The van der Waals surface area contributed by atoms with Gasteiger partial charge in [-0.1, -0.05) is 19.0 Å². The van der Waals surface area contributed by atoms with Crippen LogP contribution in [0.3, 0.4) is 0 Å². The minimum atomic E-state index is -0.237. The number of aryl methyl sites for hydroxylation is 1. The van der Waals surface area contributed by atoms with E-state index >= 15 is 0 Å². The molecule has 19 heavy (non-hydrogen) atoms. The molecule has 2 rings (SSSR count). The molecule has 0 saturated heterocycles. The van der Waals surface area contributed by atoms with E-state index in [4.69, 9.17) is 10.3 Å². The zero-order valence-corrected chi connectivity index (χ0v) is 11.6. The van der Waals surface area contributed by atoms with Crippen molar-refractivity contribution >= 4 is 5.91 Å². The van der Waals surface area contributed by atoms with Gasteiger partial charge in [-0.15, -0.1) is 0 Å². The molecule has 0 radical (unpaired) electrons. The lowest BCUT2D eigenvalue weighted by Gasteiger charge is -2.22. The fourth-order valence-electron chi connectivity index (χ4n) is 1.89. The Hall–Kier alpha value is -1.43. The zero-order valence-electron chi connectivity index (χ0n) is 11.6. The number of carbonyl (C=O) groups excluding carboxylic acids is 1. The van der Waals surface area contributed by atoms with E-state index in [2.05, 4.69) is 29.3 Å². The quantitative estimate of drug-likeness (QED) is 0.775. The molecule has 6 heteroatoms. The number of carbonyl (C=O) groups is 1. The number of hydrogen-bond donors (Lipinski definition) is 2. The molecule has 1 amide bonds. The highest BCUT2D eigenvalue weighted by molar-refractivity contribution is 5.90. The maximum atomic E-state index is 11.7. The van der Waals surface area contributed by atoms with Gasteiger partial charge in [0.15, 0.2) is 0 Å². The van der Waals surface area contributed by atoms with Gasteiger partial charge in [-0.25, -0.2) is 0 Å². The van der Waals surface area contributed by atoms with Crippen LogP contribution < -0.4 is 11.1 Å². The average Bonchev–Trinajstić information content (AvgIpc) is 3.02. The molecule has 1 fully saturated rings. The summed E-state index contributed by atoms with van der Waals surface area (Å²) >= 11 is 0. The molecule has 0 aromatic carbocycles. The van der Waals surface area contributed by atoms with Crippen LogP contribution in [0.1, 0.15) is 56.0 Å². The predicted octanol–water partition coefficient (Wildman–Crippen LogP) is 1.27. The van der Waals surface area contributed by atoms with Crippen LogP contribution in [0, 0.1) is 5.41 Å². The van der Waals surface area contributed by atoms with E-state index in [1.54, 1.807) is 0 Å². The Kier molecular flexibility index (Phi) is 4.19. The third-order valence-electron chi connectivity index (χ3n) is 3.42. The van der Waals surface area contributed by atoms with Gasteiger partial charge in [0.1, 0.15) is 0 Å². The van der Waals surface area contributed by atoms with Crippen molar-refractivity contribution in [1.29, 1.82) is 0 Å². The Labute approximate surface area is 113 Å². The topological polar surface area (TPSA) is 94.0 Å². The maximum absolute atomic E-state index is 11.7. The maximum Gasteiger partial charge on any atom is 0.292 e.